The van der Waals surface area contributed by atoms with E-state index in [1.54, 1.807) is 5.38 Å². The molecule has 0 saturated heterocycles. The van der Waals surface area contributed by atoms with Gasteiger partial charge in [0.1, 0.15) is 0 Å². The average molecular weight is 378 g/mol. The van der Waals surface area contributed by atoms with Crippen LogP contribution >= 0.6 is 11.3 Å². The number of fused-ring (bicyclic) bond motifs is 1. The van der Waals surface area contributed by atoms with Gasteiger partial charge in [-0.1, -0.05) is 30.3 Å². The number of sulfonamides is 1. The summed E-state index contributed by atoms with van der Waals surface area (Å²) in [6.45, 7) is -0.283. The second-order valence-electron chi connectivity index (χ2n) is 5.28. The highest BCUT2D eigenvalue weighted by atomic mass is 32.2. The first-order valence-electron chi connectivity index (χ1n) is 7.27. The first-order chi connectivity index (χ1) is 11.9. The highest BCUT2D eigenvalue weighted by molar-refractivity contribution is 7.89. The molecule has 7 nitrogen and oxygen atoms in total. The summed E-state index contributed by atoms with van der Waals surface area (Å²) in [4.78, 5) is 9.82. The molecule has 0 amide bonds. The Morgan fingerprint density at radius 3 is 2.60 bits per heavy atom. The van der Waals surface area contributed by atoms with E-state index in [4.69, 9.17) is 0 Å². The van der Waals surface area contributed by atoms with E-state index in [-0.39, 0.29) is 6.54 Å². The highest BCUT2D eigenvalue weighted by Crippen LogP contribution is 2.30. The van der Waals surface area contributed by atoms with Crippen LogP contribution in [0.5, 0.6) is 0 Å². The average Bonchev–Trinajstić information content (AvgIpc) is 3.04. The maximum atomic E-state index is 12.4. The molecule has 25 heavy (non-hydrogen) atoms. The normalized spacial score (nSPS) is 13.0. The highest BCUT2D eigenvalue weighted by Gasteiger charge is 2.26. The predicted octanol–water partition coefficient (Wildman–Crippen LogP) is 2.82. The Bertz CT molecular complexity index is 1030. The Hall–Kier alpha value is -2.33. The first kappa shape index (κ1) is 17.5. The third-order valence-corrected chi connectivity index (χ3v) is 6.14. The van der Waals surface area contributed by atoms with E-state index in [2.05, 4.69) is 4.72 Å². The van der Waals surface area contributed by atoms with Crippen LogP contribution in [0.25, 0.3) is 10.1 Å². The molecule has 1 heterocycles. The van der Waals surface area contributed by atoms with E-state index in [0.717, 1.165) is 22.2 Å². The van der Waals surface area contributed by atoms with Crippen LogP contribution in [0.3, 0.4) is 0 Å². The van der Waals surface area contributed by atoms with Gasteiger partial charge in [0.05, 0.1) is 11.0 Å². The Morgan fingerprint density at radius 1 is 1.16 bits per heavy atom. The second kappa shape index (κ2) is 6.89. The number of para-hydroxylation sites is 1. The fourth-order valence-corrected chi connectivity index (χ4v) is 4.68. The Kier molecular flexibility index (Phi) is 4.82. The molecule has 1 aromatic heterocycles. The number of thiophene rings is 1. The van der Waals surface area contributed by atoms with Crippen LogP contribution in [-0.4, -0.2) is 25.0 Å². The molecule has 0 fully saturated rings. The van der Waals surface area contributed by atoms with Crippen LogP contribution < -0.4 is 4.72 Å². The molecule has 1 unspecified atom stereocenters. The van der Waals surface area contributed by atoms with Gasteiger partial charge in [0, 0.05) is 22.9 Å². The maximum Gasteiger partial charge on any atom is 0.289 e. The SMILES string of the molecule is O=[N+]([O-])c1ccccc1S(=O)(=O)NCC(O)c1csc2ccccc12. The van der Waals surface area contributed by atoms with Gasteiger partial charge >= 0.3 is 0 Å². The number of hydrogen-bond acceptors (Lipinski definition) is 6. The van der Waals surface area contributed by atoms with Crippen molar-refractivity contribution in [3.05, 3.63) is 69.6 Å². The lowest BCUT2D eigenvalue weighted by molar-refractivity contribution is -0.387. The molecule has 9 heteroatoms. The molecule has 130 valence electrons. The molecular formula is C16H14N2O5S2. The van der Waals surface area contributed by atoms with Crippen LogP contribution in [0.4, 0.5) is 5.69 Å². The number of hydrogen-bond donors (Lipinski definition) is 2. The van der Waals surface area contributed by atoms with Crippen molar-refractivity contribution < 1.29 is 18.4 Å². The zero-order valence-electron chi connectivity index (χ0n) is 12.8. The fraction of sp³-hybridized carbons (Fsp3) is 0.125. The molecule has 0 saturated carbocycles. The van der Waals surface area contributed by atoms with Crippen LogP contribution in [0.2, 0.25) is 0 Å². The van der Waals surface area contributed by atoms with E-state index in [0.29, 0.717) is 5.56 Å². The topological polar surface area (TPSA) is 110 Å². The number of nitro groups is 1. The van der Waals surface area contributed by atoms with E-state index < -0.39 is 31.6 Å². The van der Waals surface area contributed by atoms with Crippen LogP contribution in [0.15, 0.2) is 58.8 Å². The standard InChI is InChI=1S/C16H14N2O5S2/c19-14(12-10-24-15-7-3-1-5-11(12)15)9-17-25(22,23)16-8-4-2-6-13(16)18(20)21/h1-8,10,14,17,19H,9H2. The summed E-state index contributed by atoms with van der Waals surface area (Å²) in [6.07, 6.45) is -1.06. The van der Waals surface area contributed by atoms with Gasteiger partial charge in [-0.3, -0.25) is 10.1 Å². The molecule has 1 atom stereocenters. The van der Waals surface area contributed by atoms with Crippen LogP contribution in [0, 0.1) is 10.1 Å². The minimum absolute atomic E-state index is 0.283. The molecule has 3 rings (SSSR count). The lowest BCUT2D eigenvalue weighted by atomic mass is 10.1. The van der Waals surface area contributed by atoms with Crippen LogP contribution in [-0.2, 0) is 10.0 Å². The van der Waals surface area contributed by atoms with Crippen molar-refractivity contribution in [2.45, 2.75) is 11.0 Å². The summed E-state index contributed by atoms with van der Waals surface area (Å²) in [7, 11) is -4.12. The Labute approximate surface area is 147 Å². The molecule has 2 aromatic carbocycles. The van der Waals surface area contributed by atoms with Gasteiger partial charge in [-0.25, -0.2) is 13.1 Å². The molecular weight excluding hydrogens is 364 g/mol. The molecule has 0 bridgehead atoms. The predicted molar refractivity (Wildman–Crippen MR) is 95.1 cm³/mol. The third-order valence-electron chi connectivity index (χ3n) is 3.69. The lowest BCUT2D eigenvalue weighted by Crippen LogP contribution is -2.29. The monoisotopic (exact) mass is 378 g/mol. The van der Waals surface area contributed by atoms with Gasteiger partial charge in [0.2, 0.25) is 10.0 Å². The molecule has 3 aromatic rings. The Balaban J connectivity index is 1.82. The van der Waals surface area contributed by atoms with Crippen molar-refractivity contribution in [2.75, 3.05) is 6.54 Å². The van der Waals surface area contributed by atoms with Gasteiger partial charge in [-0.05, 0) is 22.9 Å². The number of benzene rings is 2. The number of aliphatic hydroxyl groups excluding tert-OH is 1. The van der Waals surface area contributed by atoms with Crippen molar-refractivity contribution in [3.63, 3.8) is 0 Å². The van der Waals surface area contributed by atoms with Crippen molar-refractivity contribution in [3.8, 4) is 0 Å². The van der Waals surface area contributed by atoms with E-state index in [1.165, 1.54) is 23.5 Å². The summed E-state index contributed by atoms with van der Waals surface area (Å²) in [5.74, 6) is 0. The first-order valence-corrected chi connectivity index (χ1v) is 9.64. The van der Waals surface area contributed by atoms with Gasteiger partial charge in [-0.15, -0.1) is 11.3 Å². The number of aliphatic hydroxyl groups is 1. The van der Waals surface area contributed by atoms with Crippen molar-refractivity contribution in [1.29, 1.82) is 0 Å². The molecule has 0 aliphatic carbocycles. The molecule has 0 spiro atoms. The Morgan fingerprint density at radius 2 is 1.84 bits per heavy atom. The molecule has 0 aliphatic rings. The number of rotatable bonds is 6. The zero-order valence-corrected chi connectivity index (χ0v) is 14.5. The minimum Gasteiger partial charge on any atom is -0.387 e. The smallest absolute Gasteiger partial charge is 0.289 e. The lowest BCUT2D eigenvalue weighted by Gasteiger charge is -2.12. The molecule has 0 radical (unpaired) electrons. The third kappa shape index (κ3) is 3.54. The minimum atomic E-state index is -4.12. The van der Waals surface area contributed by atoms with E-state index in [9.17, 15) is 23.6 Å². The second-order valence-corrected chi connectivity index (χ2v) is 7.93. The summed E-state index contributed by atoms with van der Waals surface area (Å²) >= 11 is 1.45. The fourth-order valence-electron chi connectivity index (χ4n) is 2.47. The summed E-state index contributed by atoms with van der Waals surface area (Å²) < 4.78 is 28.0. The number of nitro benzene ring substituents is 1. The summed E-state index contributed by atoms with van der Waals surface area (Å²) in [5.41, 5.74) is 0.108. The van der Waals surface area contributed by atoms with Gasteiger partial charge in [-0.2, -0.15) is 0 Å². The quantitative estimate of drug-likeness (QED) is 0.506. The van der Waals surface area contributed by atoms with E-state index in [1.807, 2.05) is 24.3 Å². The maximum absolute atomic E-state index is 12.4. The van der Waals surface area contributed by atoms with Crippen molar-refractivity contribution >= 4 is 37.1 Å². The van der Waals surface area contributed by atoms with Crippen LogP contribution in [0.1, 0.15) is 11.7 Å². The number of nitrogens with one attached hydrogen (secondary N) is 1. The molecule has 2 N–H and O–H groups in total. The summed E-state index contributed by atoms with van der Waals surface area (Å²) in [6, 6.07) is 12.6. The summed E-state index contributed by atoms with van der Waals surface area (Å²) in [5, 5.41) is 24.0. The van der Waals surface area contributed by atoms with Crippen molar-refractivity contribution in [2.24, 2.45) is 0 Å². The van der Waals surface area contributed by atoms with Crippen molar-refractivity contribution in [1.82, 2.24) is 4.72 Å². The van der Waals surface area contributed by atoms with Gasteiger partial charge in [0.15, 0.2) is 4.90 Å². The zero-order chi connectivity index (χ0) is 18.0. The van der Waals surface area contributed by atoms with Gasteiger partial charge < -0.3 is 5.11 Å². The largest absolute Gasteiger partial charge is 0.387 e. The van der Waals surface area contributed by atoms with Gasteiger partial charge in [0.25, 0.3) is 5.69 Å². The molecule has 0 aliphatic heterocycles. The number of nitrogens with zero attached hydrogens (tertiary/aromatic N) is 1. The van der Waals surface area contributed by atoms with E-state index >= 15 is 0 Å².